The van der Waals surface area contributed by atoms with Gasteiger partial charge in [-0.1, -0.05) is 27.7 Å². The van der Waals surface area contributed by atoms with Gasteiger partial charge >= 0.3 is 0 Å². The first-order chi connectivity index (χ1) is 6.52. The van der Waals surface area contributed by atoms with Gasteiger partial charge < -0.3 is 4.74 Å². The van der Waals surface area contributed by atoms with Gasteiger partial charge in [0.2, 0.25) is 0 Å². The van der Waals surface area contributed by atoms with E-state index in [1.165, 1.54) is 0 Å². The second kappa shape index (κ2) is 7.98. The highest BCUT2D eigenvalue weighted by Crippen LogP contribution is 2.04. The highest BCUT2D eigenvalue weighted by Gasteiger charge is 2.03. The molecule has 0 rings (SSSR count). The standard InChI is InChI=1S/C12H24O2/c1-10(2)5-6-12(13)9-14-8-7-11(3)4/h10-11H,5-9H2,1-4H3. The Balaban J connectivity index is 3.27. The van der Waals surface area contributed by atoms with Crippen molar-refractivity contribution in [2.45, 2.75) is 47.0 Å². The number of ether oxygens (including phenoxy) is 1. The molecule has 0 aliphatic rings. The fraction of sp³-hybridized carbons (Fsp3) is 0.917. The van der Waals surface area contributed by atoms with Crippen LogP contribution in [0, 0.1) is 11.8 Å². The van der Waals surface area contributed by atoms with E-state index in [1.807, 2.05) is 0 Å². The van der Waals surface area contributed by atoms with Crippen LogP contribution in [0.4, 0.5) is 0 Å². The minimum absolute atomic E-state index is 0.238. The molecule has 0 bridgehead atoms. The molecule has 2 heteroatoms. The molecule has 0 aliphatic carbocycles. The van der Waals surface area contributed by atoms with Gasteiger partial charge in [-0.05, 0) is 24.7 Å². The molecule has 0 aliphatic heterocycles. The maximum absolute atomic E-state index is 11.3. The molecule has 0 saturated carbocycles. The summed E-state index contributed by atoms with van der Waals surface area (Å²) >= 11 is 0. The summed E-state index contributed by atoms with van der Waals surface area (Å²) in [5, 5.41) is 0. The Kier molecular flexibility index (Phi) is 7.77. The van der Waals surface area contributed by atoms with E-state index >= 15 is 0 Å². The molecule has 0 atom stereocenters. The van der Waals surface area contributed by atoms with Crippen LogP contribution in [0.1, 0.15) is 47.0 Å². The van der Waals surface area contributed by atoms with Gasteiger partial charge in [-0.3, -0.25) is 4.79 Å². The number of carbonyl (C=O) groups is 1. The van der Waals surface area contributed by atoms with Crippen LogP contribution in [0.15, 0.2) is 0 Å². The Morgan fingerprint density at radius 2 is 1.64 bits per heavy atom. The molecule has 0 N–H and O–H groups in total. The highest BCUT2D eigenvalue weighted by atomic mass is 16.5. The van der Waals surface area contributed by atoms with Crippen LogP contribution in [0.3, 0.4) is 0 Å². The van der Waals surface area contributed by atoms with Crippen LogP contribution in [0.25, 0.3) is 0 Å². The molecule has 14 heavy (non-hydrogen) atoms. The van der Waals surface area contributed by atoms with Crippen molar-refractivity contribution in [1.82, 2.24) is 0 Å². The van der Waals surface area contributed by atoms with Crippen molar-refractivity contribution >= 4 is 5.78 Å². The summed E-state index contributed by atoms with van der Waals surface area (Å²) in [5.74, 6) is 1.50. The van der Waals surface area contributed by atoms with Crippen molar-refractivity contribution in [2.24, 2.45) is 11.8 Å². The lowest BCUT2D eigenvalue weighted by molar-refractivity contribution is -0.123. The second-order valence-electron chi connectivity index (χ2n) is 4.71. The maximum Gasteiger partial charge on any atom is 0.158 e. The fourth-order valence-electron chi connectivity index (χ4n) is 1.03. The molecule has 0 fully saturated rings. The van der Waals surface area contributed by atoms with Crippen LogP contribution in [-0.2, 0) is 9.53 Å². The Hall–Kier alpha value is -0.370. The summed E-state index contributed by atoms with van der Waals surface area (Å²) in [6, 6.07) is 0. The Morgan fingerprint density at radius 1 is 1.07 bits per heavy atom. The van der Waals surface area contributed by atoms with Gasteiger partial charge in [0.1, 0.15) is 6.61 Å². The minimum Gasteiger partial charge on any atom is -0.374 e. The zero-order valence-electron chi connectivity index (χ0n) is 10.0. The number of ketones is 1. The van der Waals surface area contributed by atoms with Crippen LogP contribution >= 0.6 is 0 Å². The monoisotopic (exact) mass is 200 g/mol. The lowest BCUT2D eigenvalue weighted by Gasteiger charge is -2.06. The SMILES string of the molecule is CC(C)CCOCC(=O)CCC(C)C. The molecule has 0 unspecified atom stereocenters. The molecule has 0 heterocycles. The van der Waals surface area contributed by atoms with Gasteiger partial charge in [0, 0.05) is 13.0 Å². The molecule has 2 nitrogen and oxygen atoms in total. The lowest BCUT2D eigenvalue weighted by Crippen LogP contribution is -2.11. The summed E-state index contributed by atoms with van der Waals surface area (Å²) in [7, 11) is 0. The summed E-state index contributed by atoms with van der Waals surface area (Å²) in [6.07, 6.45) is 2.68. The van der Waals surface area contributed by atoms with E-state index in [2.05, 4.69) is 27.7 Å². The number of Topliss-reactive ketones (excluding diaryl/α,β-unsaturated/α-hetero) is 1. The molecular formula is C12H24O2. The molecule has 84 valence electrons. The van der Waals surface area contributed by atoms with E-state index in [0.29, 0.717) is 31.5 Å². The predicted octanol–water partition coefficient (Wildman–Crippen LogP) is 3.05. The van der Waals surface area contributed by atoms with Crippen molar-refractivity contribution in [1.29, 1.82) is 0 Å². The molecule has 0 radical (unpaired) electrons. The van der Waals surface area contributed by atoms with E-state index in [-0.39, 0.29) is 5.78 Å². The molecule has 0 amide bonds. The van der Waals surface area contributed by atoms with Crippen LogP contribution in [-0.4, -0.2) is 19.0 Å². The fourth-order valence-corrected chi connectivity index (χ4v) is 1.03. The molecule has 0 saturated heterocycles. The van der Waals surface area contributed by atoms with Gasteiger partial charge in [-0.15, -0.1) is 0 Å². The van der Waals surface area contributed by atoms with Crippen LogP contribution in [0.2, 0.25) is 0 Å². The zero-order valence-corrected chi connectivity index (χ0v) is 10.0. The van der Waals surface area contributed by atoms with Gasteiger partial charge in [-0.25, -0.2) is 0 Å². The summed E-state index contributed by atoms with van der Waals surface area (Å²) in [6.45, 7) is 9.60. The van der Waals surface area contributed by atoms with Crippen molar-refractivity contribution in [3.8, 4) is 0 Å². The largest absolute Gasteiger partial charge is 0.374 e. The van der Waals surface area contributed by atoms with Gasteiger partial charge in [-0.2, -0.15) is 0 Å². The summed E-state index contributed by atoms with van der Waals surface area (Å²) in [5.41, 5.74) is 0. The zero-order chi connectivity index (χ0) is 11.0. The van der Waals surface area contributed by atoms with Crippen molar-refractivity contribution in [3.63, 3.8) is 0 Å². The summed E-state index contributed by atoms with van der Waals surface area (Å²) < 4.78 is 5.29. The quantitative estimate of drug-likeness (QED) is 0.563. The van der Waals surface area contributed by atoms with E-state index < -0.39 is 0 Å². The van der Waals surface area contributed by atoms with Crippen LogP contribution in [0.5, 0.6) is 0 Å². The summed E-state index contributed by atoms with van der Waals surface area (Å²) in [4.78, 5) is 11.3. The first-order valence-electron chi connectivity index (χ1n) is 5.61. The molecule has 0 aromatic carbocycles. The average molecular weight is 200 g/mol. The topological polar surface area (TPSA) is 26.3 Å². The number of hydrogen-bond acceptors (Lipinski definition) is 2. The third-order valence-electron chi connectivity index (χ3n) is 2.10. The predicted molar refractivity (Wildman–Crippen MR) is 59.4 cm³/mol. The van der Waals surface area contributed by atoms with E-state index in [0.717, 1.165) is 12.8 Å². The minimum atomic E-state index is 0.238. The average Bonchev–Trinajstić information content (AvgIpc) is 2.08. The Bertz CT molecular complexity index is 150. The van der Waals surface area contributed by atoms with Gasteiger partial charge in [0.15, 0.2) is 5.78 Å². The first-order valence-corrected chi connectivity index (χ1v) is 5.61. The molecule has 0 spiro atoms. The Labute approximate surface area is 88.0 Å². The molecule has 0 aromatic heterocycles. The van der Waals surface area contributed by atoms with Crippen molar-refractivity contribution < 1.29 is 9.53 Å². The van der Waals surface area contributed by atoms with E-state index in [4.69, 9.17) is 4.74 Å². The first kappa shape index (κ1) is 13.6. The van der Waals surface area contributed by atoms with E-state index in [1.54, 1.807) is 0 Å². The lowest BCUT2D eigenvalue weighted by atomic mass is 10.1. The number of hydrogen-bond donors (Lipinski definition) is 0. The van der Waals surface area contributed by atoms with Crippen molar-refractivity contribution in [3.05, 3.63) is 0 Å². The normalized spacial score (nSPS) is 11.3. The van der Waals surface area contributed by atoms with Crippen molar-refractivity contribution in [2.75, 3.05) is 13.2 Å². The Morgan fingerprint density at radius 3 is 2.14 bits per heavy atom. The van der Waals surface area contributed by atoms with E-state index in [9.17, 15) is 4.79 Å². The second-order valence-corrected chi connectivity index (χ2v) is 4.71. The third-order valence-corrected chi connectivity index (χ3v) is 2.10. The third kappa shape index (κ3) is 9.72. The molecule has 0 aromatic rings. The van der Waals surface area contributed by atoms with Crippen LogP contribution < -0.4 is 0 Å². The molecular weight excluding hydrogens is 176 g/mol. The smallest absolute Gasteiger partial charge is 0.158 e. The number of rotatable bonds is 8. The number of carbonyl (C=O) groups excluding carboxylic acids is 1. The maximum atomic E-state index is 11.3. The van der Waals surface area contributed by atoms with Gasteiger partial charge in [0.05, 0.1) is 0 Å². The highest BCUT2D eigenvalue weighted by molar-refractivity contribution is 5.79. The van der Waals surface area contributed by atoms with Gasteiger partial charge in [0.25, 0.3) is 0 Å².